The molecule has 8 heteroatoms. The van der Waals surface area contributed by atoms with Crippen molar-refractivity contribution in [2.24, 2.45) is 0 Å². The molecule has 0 aliphatic rings. The standard InChI is InChI=1S/C61H56N4O4/c1-9-60(8,50-18-14-46(15-19-50)58(4,5)49-24-30-53(31-25-49)67-56-26-12-42(38-62)44(36-56)40-64)68-55-34-32-54(33-35-55)66-52-28-22-48(23-29-52)59(6,7)47-16-20-51(21-17-47)61(10-2,11-3)69-57-27-13-43(39-63)45(37-57)41-65/h12-37H,9-11H2,1-8H3. The van der Waals surface area contributed by atoms with E-state index in [9.17, 15) is 21.0 Å². The monoisotopic (exact) mass is 908 g/mol. The van der Waals surface area contributed by atoms with Crippen molar-refractivity contribution in [3.8, 4) is 58.8 Å². The molecule has 0 saturated heterocycles. The second-order valence-corrected chi connectivity index (χ2v) is 18.5. The van der Waals surface area contributed by atoms with Crippen LogP contribution in [0.3, 0.4) is 0 Å². The first-order valence-electron chi connectivity index (χ1n) is 23.3. The van der Waals surface area contributed by atoms with Crippen LogP contribution in [0.2, 0.25) is 0 Å². The summed E-state index contributed by atoms with van der Waals surface area (Å²) in [5.74, 6) is 3.90. The average molecular weight is 909 g/mol. The van der Waals surface area contributed by atoms with Crippen LogP contribution in [0.4, 0.5) is 0 Å². The molecule has 0 radical (unpaired) electrons. The van der Waals surface area contributed by atoms with E-state index < -0.39 is 11.2 Å². The van der Waals surface area contributed by atoms with Gasteiger partial charge < -0.3 is 18.9 Å². The fourth-order valence-electron chi connectivity index (χ4n) is 8.73. The summed E-state index contributed by atoms with van der Waals surface area (Å²) in [6.07, 6.45) is 2.22. The van der Waals surface area contributed by atoms with E-state index in [0.717, 1.165) is 64.1 Å². The number of hydrogen-bond donors (Lipinski definition) is 0. The number of nitrogens with zero attached hydrogens (tertiary/aromatic N) is 4. The zero-order valence-electron chi connectivity index (χ0n) is 40.6. The summed E-state index contributed by atoms with van der Waals surface area (Å²) in [6, 6.07) is 59.4. The quantitative estimate of drug-likeness (QED) is 0.0882. The lowest BCUT2D eigenvalue weighted by Gasteiger charge is -2.34. The lowest BCUT2D eigenvalue weighted by Crippen LogP contribution is -2.32. The molecule has 0 bridgehead atoms. The van der Waals surface area contributed by atoms with Crippen LogP contribution in [0, 0.1) is 45.3 Å². The maximum Gasteiger partial charge on any atom is 0.133 e. The minimum absolute atomic E-state index is 0.282. The predicted octanol–water partition coefficient (Wildman–Crippen LogP) is 15.2. The largest absolute Gasteiger partial charge is 0.483 e. The molecule has 0 aromatic heterocycles. The van der Waals surface area contributed by atoms with Crippen LogP contribution in [-0.2, 0) is 22.0 Å². The Morgan fingerprint density at radius 2 is 0.652 bits per heavy atom. The Morgan fingerprint density at radius 3 is 1.06 bits per heavy atom. The summed E-state index contributed by atoms with van der Waals surface area (Å²) >= 11 is 0. The van der Waals surface area contributed by atoms with Crippen molar-refractivity contribution in [2.75, 3.05) is 0 Å². The fourth-order valence-corrected chi connectivity index (χ4v) is 8.73. The first-order chi connectivity index (χ1) is 33.1. The van der Waals surface area contributed by atoms with Crippen molar-refractivity contribution in [3.05, 3.63) is 213 Å². The number of ether oxygens (including phenoxy) is 4. The highest BCUT2D eigenvalue weighted by Gasteiger charge is 2.33. The molecule has 0 saturated carbocycles. The maximum atomic E-state index is 9.57. The second-order valence-electron chi connectivity index (χ2n) is 18.5. The Labute approximate surface area is 407 Å². The maximum absolute atomic E-state index is 9.57. The summed E-state index contributed by atoms with van der Waals surface area (Å²) in [7, 11) is 0. The van der Waals surface area contributed by atoms with E-state index in [2.05, 4.69) is 146 Å². The van der Waals surface area contributed by atoms with Crippen molar-refractivity contribution >= 4 is 0 Å². The van der Waals surface area contributed by atoms with Gasteiger partial charge in [-0.1, -0.05) is 121 Å². The lowest BCUT2D eigenvalue weighted by molar-refractivity contribution is 0.0573. The molecule has 0 aliphatic carbocycles. The lowest BCUT2D eigenvalue weighted by atomic mass is 9.77. The molecular formula is C61H56N4O4. The first-order valence-corrected chi connectivity index (χ1v) is 23.3. The highest BCUT2D eigenvalue weighted by molar-refractivity contribution is 5.52. The summed E-state index contributed by atoms with van der Waals surface area (Å²) in [6.45, 7) is 17.3. The van der Waals surface area contributed by atoms with Gasteiger partial charge in [-0.2, -0.15) is 21.0 Å². The minimum atomic E-state index is -0.592. The van der Waals surface area contributed by atoms with Gasteiger partial charge in [0.15, 0.2) is 0 Å². The van der Waals surface area contributed by atoms with E-state index in [0.29, 0.717) is 39.7 Å². The van der Waals surface area contributed by atoms with E-state index in [1.807, 2.05) is 54.6 Å². The molecule has 0 amide bonds. The molecule has 1 unspecified atom stereocenters. The third-order valence-electron chi connectivity index (χ3n) is 13.7. The highest BCUT2D eigenvalue weighted by atomic mass is 16.5. The Hall–Kier alpha value is -8.30. The van der Waals surface area contributed by atoms with Crippen LogP contribution in [0.5, 0.6) is 34.5 Å². The van der Waals surface area contributed by atoms with Gasteiger partial charge in [0.1, 0.15) is 70.0 Å². The SMILES string of the molecule is CCC(C)(Oc1ccc(Oc2ccc(C(C)(C)c3ccc(C(CC)(CC)Oc4ccc(C#N)c(C#N)c4)cc3)cc2)cc1)c1ccc(C(C)(C)c2ccc(Oc3ccc(C#N)c(C#N)c3)cc2)cc1. The van der Waals surface area contributed by atoms with Gasteiger partial charge >= 0.3 is 0 Å². The van der Waals surface area contributed by atoms with Crippen LogP contribution < -0.4 is 18.9 Å². The molecule has 8 nitrogen and oxygen atoms in total. The van der Waals surface area contributed by atoms with Crippen molar-refractivity contribution in [1.82, 2.24) is 0 Å². The van der Waals surface area contributed by atoms with E-state index >= 15 is 0 Å². The molecule has 7 rings (SSSR count). The van der Waals surface area contributed by atoms with Gasteiger partial charge in [-0.15, -0.1) is 0 Å². The van der Waals surface area contributed by atoms with Crippen molar-refractivity contribution in [1.29, 1.82) is 21.0 Å². The zero-order chi connectivity index (χ0) is 49.4. The van der Waals surface area contributed by atoms with Crippen molar-refractivity contribution < 1.29 is 18.9 Å². The van der Waals surface area contributed by atoms with Gasteiger partial charge in [-0.3, -0.25) is 0 Å². The number of benzene rings is 7. The van der Waals surface area contributed by atoms with Crippen molar-refractivity contribution in [3.63, 3.8) is 0 Å². The summed E-state index contributed by atoms with van der Waals surface area (Å²) < 4.78 is 25.6. The molecule has 0 N–H and O–H groups in total. The Morgan fingerprint density at radius 1 is 0.333 bits per heavy atom. The molecular weight excluding hydrogens is 853 g/mol. The Balaban J connectivity index is 0.967. The second kappa shape index (κ2) is 20.3. The molecule has 0 fully saturated rings. The number of hydrogen-bond acceptors (Lipinski definition) is 8. The zero-order valence-corrected chi connectivity index (χ0v) is 40.6. The van der Waals surface area contributed by atoms with E-state index in [4.69, 9.17) is 18.9 Å². The summed E-state index contributed by atoms with van der Waals surface area (Å²) in [5, 5.41) is 37.6. The van der Waals surface area contributed by atoms with Gasteiger partial charge in [0.25, 0.3) is 0 Å². The van der Waals surface area contributed by atoms with Crippen LogP contribution in [-0.4, -0.2) is 0 Å². The van der Waals surface area contributed by atoms with Gasteiger partial charge in [-0.25, -0.2) is 0 Å². The highest BCUT2D eigenvalue weighted by Crippen LogP contribution is 2.40. The van der Waals surface area contributed by atoms with Gasteiger partial charge in [0.2, 0.25) is 0 Å². The third-order valence-corrected chi connectivity index (χ3v) is 13.7. The predicted molar refractivity (Wildman–Crippen MR) is 270 cm³/mol. The number of nitriles is 4. The fraction of sp³-hybridized carbons (Fsp3) is 0.246. The molecule has 69 heavy (non-hydrogen) atoms. The third kappa shape index (κ3) is 10.3. The van der Waals surface area contributed by atoms with E-state index in [-0.39, 0.29) is 16.4 Å². The number of rotatable bonds is 17. The first kappa shape index (κ1) is 48.6. The van der Waals surface area contributed by atoms with Crippen LogP contribution in [0.25, 0.3) is 0 Å². The molecule has 7 aromatic rings. The van der Waals surface area contributed by atoms with Crippen LogP contribution >= 0.6 is 0 Å². The Bertz CT molecular complexity index is 3090. The average Bonchev–Trinajstić information content (AvgIpc) is 3.38. The van der Waals surface area contributed by atoms with Crippen LogP contribution in [0.1, 0.15) is 130 Å². The Kier molecular flexibility index (Phi) is 14.3. The summed E-state index contributed by atoms with van der Waals surface area (Å²) in [4.78, 5) is 0. The van der Waals surface area contributed by atoms with Crippen molar-refractivity contribution in [2.45, 2.75) is 96.7 Å². The molecule has 0 aliphatic heterocycles. The molecule has 344 valence electrons. The molecule has 0 spiro atoms. The van der Waals surface area contributed by atoms with E-state index in [1.54, 1.807) is 36.4 Å². The molecule has 7 aromatic carbocycles. The molecule has 1 atom stereocenters. The topological polar surface area (TPSA) is 132 Å². The summed E-state index contributed by atoms with van der Waals surface area (Å²) in [5.41, 5.74) is 6.21. The minimum Gasteiger partial charge on any atom is -0.483 e. The van der Waals surface area contributed by atoms with Crippen LogP contribution in [0.15, 0.2) is 158 Å². The smallest absolute Gasteiger partial charge is 0.133 e. The van der Waals surface area contributed by atoms with Gasteiger partial charge in [0, 0.05) is 10.8 Å². The normalized spacial score (nSPS) is 12.3. The van der Waals surface area contributed by atoms with Gasteiger partial charge in [0.05, 0.1) is 22.3 Å². The molecule has 0 heterocycles. The van der Waals surface area contributed by atoms with E-state index in [1.165, 1.54) is 0 Å². The van der Waals surface area contributed by atoms with Gasteiger partial charge in [-0.05, 0) is 144 Å².